The van der Waals surface area contributed by atoms with Gasteiger partial charge < -0.3 is 0 Å². The maximum atomic E-state index is 13.3. The van der Waals surface area contributed by atoms with E-state index in [1.165, 1.54) is 0 Å². The molecule has 148 valence electrons. The molecule has 0 saturated heterocycles. The van der Waals surface area contributed by atoms with Crippen molar-refractivity contribution in [3.8, 4) is 0 Å². The van der Waals surface area contributed by atoms with Crippen LogP contribution in [0, 0.1) is 5.92 Å². The van der Waals surface area contributed by atoms with Crippen LogP contribution in [0.4, 0.5) is 0 Å². The lowest BCUT2D eigenvalue weighted by molar-refractivity contribution is 0.0663. The summed E-state index contributed by atoms with van der Waals surface area (Å²) in [5.41, 5.74) is 3.36. The van der Waals surface area contributed by atoms with Gasteiger partial charge in [0.1, 0.15) is 0 Å². The highest BCUT2D eigenvalue weighted by Crippen LogP contribution is 2.45. The number of amides is 1. The fourth-order valence-corrected chi connectivity index (χ4v) is 6.70. The van der Waals surface area contributed by atoms with E-state index in [4.69, 9.17) is 5.10 Å². The Hall–Kier alpha value is -2.72. The normalized spacial score (nSPS) is 23.9. The van der Waals surface area contributed by atoms with Crippen molar-refractivity contribution in [2.75, 3.05) is 0 Å². The van der Waals surface area contributed by atoms with Crippen molar-refractivity contribution in [3.05, 3.63) is 90.0 Å². The van der Waals surface area contributed by atoms with E-state index in [1.54, 1.807) is 5.01 Å². The highest BCUT2D eigenvalue weighted by atomic mass is 28.3. The minimum atomic E-state index is -1.40. The lowest BCUT2D eigenvalue weighted by Crippen LogP contribution is -2.46. The maximum Gasteiger partial charge on any atom is 0.274 e. The minimum Gasteiger partial charge on any atom is -0.267 e. The molecule has 0 fully saturated rings. The van der Waals surface area contributed by atoms with Gasteiger partial charge in [0, 0.05) is 5.56 Å². The first-order valence-electron chi connectivity index (χ1n) is 10.3. The molecule has 1 amide bonds. The van der Waals surface area contributed by atoms with E-state index in [0.29, 0.717) is 17.0 Å². The molecule has 0 N–H and O–H groups in total. The summed E-state index contributed by atoms with van der Waals surface area (Å²) < 4.78 is 0. The third kappa shape index (κ3) is 4.17. The second-order valence-electron chi connectivity index (χ2n) is 8.99. The van der Waals surface area contributed by atoms with Crippen molar-refractivity contribution in [3.63, 3.8) is 0 Å². The van der Waals surface area contributed by atoms with Crippen molar-refractivity contribution >= 4 is 25.8 Å². The molecule has 0 spiro atoms. The predicted molar refractivity (Wildman–Crippen MR) is 124 cm³/mol. The van der Waals surface area contributed by atoms with Crippen molar-refractivity contribution < 1.29 is 4.79 Å². The predicted octanol–water partition coefficient (Wildman–Crippen LogP) is 5.86. The van der Waals surface area contributed by atoms with Crippen molar-refractivity contribution in [2.45, 2.75) is 37.6 Å². The Labute approximate surface area is 174 Å². The van der Waals surface area contributed by atoms with Gasteiger partial charge in [-0.3, -0.25) is 4.79 Å². The van der Waals surface area contributed by atoms with E-state index in [1.807, 2.05) is 48.5 Å². The van der Waals surface area contributed by atoms with Crippen LogP contribution in [0.1, 0.15) is 22.3 Å². The fraction of sp³-hybridized carbons (Fsp3) is 0.280. The van der Waals surface area contributed by atoms with Gasteiger partial charge in [-0.2, -0.15) is 5.10 Å². The van der Waals surface area contributed by atoms with Gasteiger partial charge in [0.05, 0.1) is 19.8 Å². The summed E-state index contributed by atoms with van der Waals surface area (Å²) in [4.78, 5) is 13.3. The summed E-state index contributed by atoms with van der Waals surface area (Å²) in [6.07, 6.45) is 9.66. The SMILES string of the molecule is C[Si](C)(C)[C@@H]1C=C[C@@H]2[C@H]1CC(/C=C/c1ccccc1)=NN2C(=O)c1ccccc1. The van der Waals surface area contributed by atoms with Gasteiger partial charge in [-0.1, -0.05) is 86.4 Å². The fourth-order valence-electron chi connectivity index (χ4n) is 4.41. The lowest BCUT2D eigenvalue weighted by Gasteiger charge is -2.39. The molecule has 2 aromatic carbocycles. The average Bonchev–Trinajstić information content (AvgIpc) is 3.17. The lowest BCUT2D eigenvalue weighted by atomic mass is 9.92. The summed E-state index contributed by atoms with van der Waals surface area (Å²) in [5, 5.41) is 6.54. The third-order valence-electron chi connectivity index (χ3n) is 5.88. The van der Waals surface area contributed by atoms with Crippen LogP contribution in [0.15, 0.2) is 84.0 Å². The van der Waals surface area contributed by atoms with Crippen LogP contribution >= 0.6 is 0 Å². The summed E-state index contributed by atoms with van der Waals surface area (Å²) in [6.45, 7) is 7.25. The van der Waals surface area contributed by atoms with E-state index < -0.39 is 8.07 Å². The van der Waals surface area contributed by atoms with Gasteiger partial charge >= 0.3 is 0 Å². The highest BCUT2D eigenvalue weighted by molar-refractivity contribution is 6.78. The molecule has 2 aromatic rings. The molecule has 0 unspecified atom stereocenters. The first-order valence-corrected chi connectivity index (χ1v) is 13.9. The number of carbonyl (C=O) groups excluding carboxylic acids is 1. The molecule has 0 bridgehead atoms. The molecule has 2 aliphatic rings. The number of fused-ring (bicyclic) bond motifs is 1. The van der Waals surface area contributed by atoms with Gasteiger partial charge in [0.15, 0.2) is 0 Å². The monoisotopic (exact) mass is 400 g/mol. The summed E-state index contributed by atoms with van der Waals surface area (Å²) >= 11 is 0. The maximum absolute atomic E-state index is 13.3. The number of rotatable bonds is 4. The summed E-state index contributed by atoms with van der Waals surface area (Å²) in [7, 11) is -1.40. The van der Waals surface area contributed by atoms with E-state index in [2.05, 4.69) is 56.1 Å². The molecule has 0 saturated carbocycles. The molecule has 0 radical (unpaired) electrons. The number of hydrazone groups is 1. The zero-order chi connectivity index (χ0) is 20.4. The molecule has 1 aliphatic carbocycles. The Bertz CT molecular complexity index is 957. The Morgan fingerprint density at radius 2 is 1.62 bits per heavy atom. The van der Waals surface area contributed by atoms with Gasteiger partial charge in [0.25, 0.3) is 5.91 Å². The molecular formula is C25H28N2OSi. The standard InChI is InChI=1S/C25H28N2OSi/c1-29(2,3)24-17-16-23-22(24)18-21(15-14-19-10-6-4-7-11-19)26-27(23)25(28)20-12-8-5-9-13-20/h4-17,22-24H,18H2,1-3H3/b15-14+/t22-,23-,24-/m1/s1. The average molecular weight is 401 g/mol. The molecule has 3 nitrogen and oxygen atoms in total. The molecule has 1 aliphatic heterocycles. The van der Waals surface area contributed by atoms with Gasteiger partial charge in [-0.25, -0.2) is 5.01 Å². The quantitative estimate of drug-likeness (QED) is 0.467. The van der Waals surface area contributed by atoms with E-state index in [-0.39, 0.29) is 11.9 Å². The number of benzene rings is 2. The van der Waals surface area contributed by atoms with Crippen LogP contribution in [-0.2, 0) is 0 Å². The van der Waals surface area contributed by atoms with Crippen LogP contribution in [-0.4, -0.2) is 30.7 Å². The second-order valence-corrected chi connectivity index (χ2v) is 14.4. The molecule has 0 aromatic heterocycles. The van der Waals surface area contributed by atoms with Crippen molar-refractivity contribution in [1.29, 1.82) is 0 Å². The number of hydrogen-bond acceptors (Lipinski definition) is 2. The van der Waals surface area contributed by atoms with Gasteiger partial charge in [0.2, 0.25) is 0 Å². The van der Waals surface area contributed by atoms with Gasteiger partial charge in [-0.05, 0) is 41.7 Å². The van der Waals surface area contributed by atoms with E-state index >= 15 is 0 Å². The number of allylic oxidation sites excluding steroid dienone is 2. The molecule has 1 heterocycles. The Morgan fingerprint density at radius 3 is 2.28 bits per heavy atom. The van der Waals surface area contributed by atoms with Crippen LogP contribution in [0.5, 0.6) is 0 Å². The zero-order valence-electron chi connectivity index (χ0n) is 17.3. The molecule has 3 atom stereocenters. The topological polar surface area (TPSA) is 32.7 Å². The molecule has 4 heteroatoms. The van der Waals surface area contributed by atoms with Crippen LogP contribution in [0.3, 0.4) is 0 Å². The van der Waals surface area contributed by atoms with E-state index in [0.717, 1.165) is 17.7 Å². The molecular weight excluding hydrogens is 372 g/mol. The van der Waals surface area contributed by atoms with Crippen LogP contribution in [0.25, 0.3) is 6.08 Å². The van der Waals surface area contributed by atoms with Gasteiger partial charge in [-0.15, -0.1) is 0 Å². The largest absolute Gasteiger partial charge is 0.274 e. The third-order valence-corrected chi connectivity index (χ3v) is 8.50. The number of hydrogen-bond donors (Lipinski definition) is 0. The Morgan fingerprint density at radius 1 is 0.966 bits per heavy atom. The number of nitrogens with zero attached hydrogens (tertiary/aromatic N) is 2. The zero-order valence-corrected chi connectivity index (χ0v) is 18.3. The first-order chi connectivity index (χ1) is 13.9. The minimum absolute atomic E-state index is 0.0215. The molecule has 4 rings (SSSR count). The smallest absolute Gasteiger partial charge is 0.267 e. The van der Waals surface area contributed by atoms with E-state index in [9.17, 15) is 4.79 Å². The molecule has 29 heavy (non-hydrogen) atoms. The number of carbonyl (C=O) groups is 1. The van der Waals surface area contributed by atoms with Crippen LogP contribution in [0.2, 0.25) is 25.2 Å². The summed E-state index contributed by atoms with van der Waals surface area (Å²) in [5.74, 6) is 0.383. The first kappa shape index (κ1) is 19.6. The highest BCUT2D eigenvalue weighted by Gasteiger charge is 2.45. The Kier molecular flexibility index (Phi) is 5.37. The van der Waals surface area contributed by atoms with Crippen molar-refractivity contribution in [2.24, 2.45) is 11.0 Å². The van der Waals surface area contributed by atoms with Crippen LogP contribution < -0.4 is 0 Å². The van der Waals surface area contributed by atoms with Crippen molar-refractivity contribution in [1.82, 2.24) is 5.01 Å². The Balaban J connectivity index is 1.68. The summed E-state index contributed by atoms with van der Waals surface area (Å²) in [6, 6.07) is 19.8. The second kappa shape index (κ2) is 7.95.